The highest BCUT2D eigenvalue weighted by atomic mass is 32.2. The minimum Gasteiger partial charge on any atom is -0.493 e. The summed E-state index contributed by atoms with van der Waals surface area (Å²) in [6, 6.07) is 11.1. The molecular weight excluding hydrogens is 366 g/mol. The Morgan fingerprint density at radius 3 is 2.41 bits per heavy atom. The van der Waals surface area contributed by atoms with Crippen molar-refractivity contribution in [3.05, 3.63) is 69.8 Å². The SMILES string of the molecule is C=Cc1ccc(COCCSCc2cc(OC)c(OC)cc2[N+](=O)[O-])cc1. The summed E-state index contributed by atoms with van der Waals surface area (Å²) in [5.74, 6) is 2.06. The molecule has 0 N–H and O–H groups in total. The predicted molar refractivity (Wildman–Crippen MR) is 109 cm³/mol. The normalized spacial score (nSPS) is 10.4. The fourth-order valence-electron chi connectivity index (χ4n) is 2.44. The van der Waals surface area contributed by atoms with Crippen molar-refractivity contribution in [2.45, 2.75) is 12.4 Å². The van der Waals surface area contributed by atoms with Gasteiger partial charge in [0.2, 0.25) is 0 Å². The van der Waals surface area contributed by atoms with Gasteiger partial charge in [0.1, 0.15) is 0 Å². The van der Waals surface area contributed by atoms with Crippen molar-refractivity contribution in [2.75, 3.05) is 26.6 Å². The maximum atomic E-state index is 11.3. The molecule has 0 heterocycles. The molecule has 7 heteroatoms. The first-order chi connectivity index (χ1) is 13.1. The molecule has 144 valence electrons. The molecule has 0 bridgehead atoms. The Hall–Kier alpha value is -2.51. The predicted octanol–water partition coefficient (Wildman–Crippen LogP) is 4.71. The van der Waals surface area contributed by atoms with Crippen molar-refractivity contribution in [1.82, 2.24) is 0 Å². The molecule has 0 aliphatic carbocycles. The van der Waals surface area contributed by atoms with Crippen LogP contribution in [0.4, 0.5) is 5.69 Å². The molecule has 0 aliphatic heterocycles. The summed E-state index contributed by atoms with van der Waals surface area (Å²) in [6.45, 7) is 4.83. The monoisotopic (exact) mass is 389 g/mol. The summed E-state index contributed by atoms with van der Waals surface area (Å²) in [7, 11) is 2.97. The van der Waals surface area contributed by atoms with Crippen molar-refractivity contribution >= 4 is 23.5 Å². The molecule has 2 aromatic carbocycles. The molecule has 2 rings (SSSR count). The number of thioether (sulfide) groups is 1. The number of rotatable bonds is 11. The largest absolute Gasteiger partial charge is 0.493 e. The third-order valence-corrected chi connectivity index (χ3v) is 4.87. The molecule has 0 aromatic heterocycles. The van der Waals surface area contributed by atoms with Crippen LogP contribution >= 0.6 is 11.8 Å². The van der Waals surface area contributed by atoms with E-state index < -0.39 is 4.92 Å². The molecular formula is C20H23NO5S. The summed E-state index contributed by atoms with van der Waals surface area (Å²) in [4.78, 5) is 10.9. The third-order valence-electron chi connectivity index (χ3n) is 3.90. The van der Waals surface area contributed by atoms with Crippen LogP contribution in [0.2, 0.25) is 0 Å². The molecule has 0 amide bonds. The summed E-state index contributed by atoms with van der Waals surface area (Å²) < 4.78 is 16.0. The van der Waals surface area contributed by atoms with E-state index in [-0.39, 0.29) is 5.69 Å². The zero-order valence-electron chi connectivity index (χ0n) is 15.5. The van der Waals surface area contributed by atoms with Crippen molar-refractivity contribution in [3.63, 3.8) is 0 Å². The van der Waals surface area contributed by atoms with Gasteiger partial charge in [-0.1, -0.05) is 36.9 Å². The number of nitrogens with zero attached hydrogens (tertiary/aromatic N) is 1. The van der Waals surface area contributed by atoms with Crippen LogP contribution in [-0.4, -0.2) is 31.5 Å². The van der Waals surface area contributed by atoms with Crippen molar-refractivity contribution in [3.8, 4) is 11.5 Å². The molecule has 27 heavy (non-hydrogen) atoms. The van der Waals surface area contributed by atoms with Gasteiger partial charge < -0.3 is 14.2 Å². The van der Waals surface area contributed by atoms with E-state index in [1.165, 1.54) is 20.3 Å². The summed E-state index contributed by atoms with van der Waals surface area (Å²) in [6.07, 6.45) is 1.80. The van der Waals surface area contributed by atoms with E-state index in [2.05, 4.69) is 6.58 Å². The second-order valence-corrected chi connectivity index (χ2v) is 6.75. The van der Waals surface area contributed by atoms with Gasteiger partial charge in [0.25, 0.3) is 5.69 Å². The van der Waals surface area contributed by atoms with Gasteiger partial charge in [-0.25, -0.2) is 0 Å². The van der Waals surface area contributed by atoms with Gasteiger partial charge in [-0.15, -0.1) is 0 Å². The van der Waals surface area contributed by atoms with E-state index in [0.717, 1.165) is 16.9 Å². The Morgan fingerprint density at radius 2 is 1.81 bits per heavy atom. The zero-order valence-corrected chi connectivity index (χ0v) is 16.3. The number of nitro groups is 1. The van der Waals surface area contributed by atoms with Crippen LogP contribution in [0.25, 0.3) is 6.08 Å². The lowest BCUT2D eigenvalue weighted by molar-refractivity contribution is -0.385. The highest BCUT2D eigenvalue weighted by molar-refractivity contribution is 7.98. The first-order valence-electron chi connectivity index (χ1n) is 8.35. The first-order valence-corrected chi connectivity index (χ1v) is 9.50. The van der Waals surface area contributed by atoms with Crippen LogP contribution < -0.4 is 9.47 Å². The molecule has 6 nitrogen and oxygen atoms in total. The average molecular weight is 389 g/mol. The van der Waals surface area contributed by atoms with Crippen LogP contribution in [0.3, 0.4) is 0 Å². The van der Waals surface area contributed by atoms with E-state index in [4.69, 9.17) is 14.2 Å². The Bertz CT molecular complexity index is 777. The Kier molecular flexibility index (Phi) is 8.16. The maximum absolute atomic E-state index is 11.3. The number of ether oxygens (including phenoxy) is 3. The molecule has 0 saturated carbocycles. The number of methoxy groups -OCH3 is 2. The number of benzene rings is 2. The number of hydrogen-bond donors (Lipinski definition) is 0. The molecule has 0 fully saturated rings. The minimum atomic E-state index is -0.402. The molecule has 0 atom stereocenters. The maximum Gasteiger partial charge on any atom is 0.277 e. The smallest absolute Gasteiger partial charge is 0.277 e. The summed E-state index contributed by atoms with van der Waals surface area (Å²) >= 11 is 1.57. The summed E-state index contributed by atoms with van der Waals surface area (Å²) in [5.41, 5.74) is 2.80. The van der Waals surface area contributed by atoms with Gasteiger partial charge in [-0.2, -0.15) is 11.8 Å². The Balaban J connectivity index is 1.83. The van der Waals surface area contributed by atoms with Gasteiger partial charge in [0, 0.05) is 17.1 Å². The van der Waals surface area contributed by atoms with E-state index in [0.29, 0.717) is 36.0 Å². The standard InChI is InChI=1S/C20H23NO5S/c1-4-15-5-7-16(8-6-15)13-26-9-10-27-14-17-11-19(24-2)20(25-3)12-18(17)21(22)23/h4-8,11-12H,1,9-10,13-14H2,2-3H3. The fourth-order valence-corrected chi connectivity index (χ4v) is 3.27. The lowest BCUT2D eigenvalue weighted by Gasteiger charge is -2.10. The molecule has 0 spiro atoms. The molecule has 0 unspecified atom stereocenters. The number of nitro benzene ring substituents is 1. The van der Waals surface area contributed by atoms with Crippen molar-refractivity contribution in [1.29, 1.82) is 0 Å². The van der Waals surface area contributed by atoms with E-state index in [1.54, 1.807) is 23.9 Å². The quantitative estimate of drug-likeness (QED) is 0.315. The topological polar surface area (TPSA) is 70.8 Å². The average Bonchev–Trinajstić information content (AvgIpc) is 2.70. The lowest BCUT2D eigenvalue weighted by atomic mass is 10.1. The Morgan fingerprint density at radius 1 is 1.15 bits per heavy atom. The van der Waals surface area contributed by atoms with Gasteiger partial charge in [0.15, 0.2) is 11.5 Å². The van der Waals surface area contributed by atoms with E-state index in [1.807, 2.05) is 24.3 Å². The summed E-state index contributed by atoms with van der Waals surface area (Å²) in [5, 5.41) is 11.3. The fraction of sp³-hybridized carbons (Fsp3) is 0.300. The first kappa shape index (κ1) is 20.8. The van der Waals surface area contributed by atoms with Gasteiger partial charge in [-0.05, 0) is 17.2 Å². The van der Waals surface area contributed by atoms with Gasteiger partial charge in [-0.3, -0.25) is 10.1 Å². The highest BCUT2D eigenvalue weighted by Gasteiger charge is 2.19. The third kappa shape index (κ3) is 6.01. The lowest BCUT2D eigenvalue weighted by Crippen LogP contribution is -2.01. The zero-order chi connectivity index (χ0) is 19.6. The number of hydrogen-bond acceptors (Lipinski definition) is 6. The Labute approximate surface area is 163 Å². The second-order valence-electron chi connectivity index (χ2n) is 5.64. The highest BCUT2D eigenvalue weighted by Crippen LogP contribution is 2.36. The van der Waals surface area contributed by atoms with Crippen LogP contribution in [0.5, 0.6) is 11.5 Å². The van der Waals surface area contributed by atoms with Crippen LogP contribution in [0.1, 0.15) is 16.7 Å². The van der Waals surface area contributed by atoms with Crippen LogP contribution in [0, 0.1) is 10.1 Å². The van der Waals surface area contributed by atoms with Crippen molar-refractivity contribution in [2.24, 2.45) is 0 Å². The minimum absolute atomic E-state index is 0.0309. The molecule has 0 radical (unpaired) electrons. The van der Waals surface area contributed by atoms with Crippen LogP contribution in [-0.2, 0) is 17.1 Å². The molecule has 2 aromatic rings. The molecule has 0 aliphatic rings. The van der Waals surface area contributed by atoms with Gasteiger partial charge >= 0.3 is 0 Å². The van der Waals surface area contributed by atoms with Crippen LogP contribution in [0.15, 0.2) is 43.0 Å². The van der Waals surface area contributed by atoms with E-state index >= 15 is 0 Å². The second kappa shape index (κ2) is 10.6. The van der Waals surface area contributed by atoms with Crippen molar-refractivity contribution < 1.29 is 19.1 Å². The molecule has 0 saturated heterocycles. The van der Waals surface area contributed by atoms with E-state index in [9.17, 15) is 10.1 Å². The van der Waals surface area contributed by atoms with Gasteiger partial charge in [0.05, 0.1) is 38.4 Å².